The van der Waals surface area contributed by atoms with Crippen molar-refractivity contribution in [2.24, 2.45) is 5.92 Å². The summed E-state index contributed by atoms with van der Waals surface area (Å²) in [6, 6.07) is 9.50. The number of carbonyl (C=O) groups is 2. The summed E-state index contributed by atoms with van der Waals surface area (Å²) >= 11 is 7.22. The molecule has 0 unspecified atom stereocenters. The lowest BCUT2D eigenvalue weighted by molar-refractivity contribution is -0.121. The summed E-state index contributed by atoms with van der Waals surface area (Å²) in [5.74, 6) is -0.467. The predicted molar refractivity (Wildman–Crippen MR) is 124 cm³/mol. The van der Waals surface area contributed by atoms with Gasteiger partial charge in [0.2, 0.25) is 5.91 Å². The maximum absolute atomic E-state index is 13.3. The van der Waals surface area contributed by atoms with Gasteiger partial charge in [-0.25, -0.2) is 0 Å². The highest BCUT2D eigenvalue weighted by atomic mass is 35.5. The Balaban J connectivity index is 1.54. The molecule has 3 heterocycles. The van der Waals surface area contributed by atoms with E-state index in [0.717, 1.165) is 31.6 Å². The van der Waals surface area contributed by atoms with Crippen LogP contribution in [0, 0.1) is 5.92 Å². The van der Waals surface area contributed by atoms with Crippen molar-refractivity contribution in [1.29, 1.82) is 0 Å². The van der Waals surface area contributed by atoms with Gasteiger partial charge in [-0.2, -0.15) is 0 Å². The number of fused-ring (bicyclic) bond motifs is 1. The molecular weight excluding hydrogens is 434 g/mol. The fourth-order valence-electron chi connectivity index (χ4n) is 4.40. The summed E-state index contributed by atoms with van der Waals surface area (Å²) in [6.45, 7) is 2.99. The normalized spacial score (nSPS) is 21.8. The van der Waals surface area contributed by atoms with E-state index >= 15 is 0 Å². The molecule has 0 saturated carbocycles. The van der Waals surface area contributed by atoms with Gasteiger partial charge in [0.25, 0.3) is 5.91 Å². The third kappa shape index (κ3) is 4.95. The first-order chi connectivity index (χ1) is 15.0. The molecule has 4 rings (SSSR count). The number of anilines is 1. The van der Waals surface area contributed by atoms with E-state index in [9.17, 15) is 9.59 Å². The number of hydrogen-bond acceptors (Lipinski definition) is 5. The number of nitrogens with zero attached hydrogens (tertiary/aromatic N) is 2. The van der Waals surface area contributed by atoms with Gasteiger partial charge < -0.3 is 19.9 Å². The highest BCUT2D eigenvalue weighted by Crippen LogP contribution is 2.31. The van der Waals surface area contributed by atoms with E-state index in [1.165, 1.54) is 22.5 Å². The average molecular weight is 462 g/mol. The number of nitrogens with one attached hydrogen (secondary N) is 1. The van der Waals surface area contributed by atoms with Crippen LogP contribution in [0.15, 0.2) is 30.3 Å². The van der Waals surface area contributed by atoms with Crippen LogP contribution in [0.1, 0.15) is 27.2 Å². The summed E-state index contributed by atoms with van der Waals surface area (Å²) < 4.78 is 5.80. The van der Waals surface area contributed by atoms with Crippen molar-refractivity contribution >= 4 is 40.4 Å². The number of methoxy groups -OCH3 is 1. The average Bonchev–Trinajstić information content (AvgIpc) is 3.26. The van der Waals surface area contributed by atoms with Crippen LogP contribution in [0.5, 0.6) is 0 Å². The molecule has 0 radical (unpaired) electrons. The lowest BCUT2D eigenvalue weighted by atomic mass is 9.99. The molecule has 1 N–H and O–H groups in total. The molecule has 2 atom stereocenters. The van der Waals surface area contributed by atoms with Crippen molar-refractivity contribution in [2.45, 2.75) is 25.3 Å². The van der Waals surface area contributed by atoms with Gasteiger partial charge in [-0.05, 0) is 61.7 Å². The van der Waals surface area contributed by atoms with Gasteiger partial charge in [-0.3, -0.25) is 9.59 Å². The van der Waals surface area contributed by atoms with Crippen molar-refractivity contribution < 1.29 is 14.3 Å². The molecule has 1 saturated heterocycles. The molecule has 1 aromatic carbocycles. The van der Waals surface area contributed by atoms with Crippen LogP contribution in [0.4, 0.5) is 5.69 Å². The topological polar surface area (TPSA) is 61.9 Å². The largest absolute Gasteiger partial charge is 0.385 e. The van der Waals surface area contributed by atoms with Gasteiger partial charge >= 0.3 is 0 Å². The lowest BCUT2D eigenvalue weighted by Crippen LogP contribution is -2.40. The van der Waals surface area contributed by atoms with E-state index in [2.05, 4.69) is 29.4 Å². The minimum atomic E-state index is -0.315. The molecule has 6 nitrogen and oxygen atoms in total. The second kappa shape index (κ2) is 9.69. The van der Waals surface area contributed by atoms with Crippen molar-refractivity contribution in [3.8, 4) is 0 Å². The Bertz CT molecular complexity index is 963. The highest BCUT2D eigenvalue weighted by molar-refractivity contribution is 7.18. The summed E-state index contributed by atoms with van der Waals surface area (Å²) in [7, 11) is 3.77. The molecule has 0 spiro atoms. The highest BCUT2D eigenvalue weighted by Gasteiger charge is 2.41. The van der Waals surface area contributed by atoms with Gasteiger partial charge in [0, 0.05) is 39.0 Å². The van der Waals surface area contributed by atoms with Crippen LogP contribution in [0.2, 0.25) is 4.34 Å². The van der Waals surface area contributed by atoms with Crippen LogP contribution in [0.25, 0.3) is 0 Å². The van der Waals surface area contributed by atoms with E-state index in [0.29, 0.717) is 28.8 Å². The van der Waals surface area contributed by atoms with Gasteiger partial charge in [-0.15, -0.1) is 11.3 Å². The third-order valence-electron chi connectivity index (χ3n) is 6.22. The van der Waals surface area contributed by atoms with Crippen LogP contribution >= 0.6 is 22.9 Å². The molecule has 2 aliphatic heterocycles. The summed E-state index contributed by atoms with van der Waals surface area (Å²) in [6.07, 6.45) is 2.57. The SMILES string of the molecule is COCC[C@H]1C(=O)N(c2ccc3c(c2)CCN(C)CC3)C[C@@H]1NC(=O)c1ccc(Cl)s1. The second-order valence-electron chi connectivity index (χ2n) is 8.28. The molecule has 8 heteroatoms. The number of amides is 2. The van der Waals surface area contributed by atoms with Crippen molar-refractivity contribution in [3.05, 3.63) is 50.7 Å². The Morgan fingerprint density at radius 3 is 2.71 bits per heavy atom. The van der Waals surface area contributed by atoms with Crippen molar-refractivity contribution in [1.82, 2.24) is 10.2 Å². The zero-order valence-corrected chi connectivity index (χ0v) is 19.5. The quantitative estimate of drug-likeness (QED) is 0.717. The van der Waals surface area contributed by atoms with E-state index in [-0.39, 0.29) is 23.8 Å². The van der Waals surface area contributed by atoms with Gasteiger partial charge in [0.15, 0.2) is 0 Å². The molecule has 0 bridgehead atoms. The number of ether oxygens (including phenoxy) is 1. The molecule has 2 aromatic rings. The number of hydrogen-bond donors (Lipinski definition) is 1. The van der Waals surface area contributed by atoms with Crippen LogP contribution in [-0.4, -0.2) is 63.2 Å². The lowest BCUT2D eigenvalue weighted by Gasteiger charge is -2.19. The minimum Gasteiger partial charge on any atom is -0.385 e. The van der Waals surface area contributed by atoms with E-state index in [1.54, 1.807) is 19.2 Å². The number of carbonyl (C=O) groups excluding carboxylic acids is 2. The Hall–Kier alpha value is -1.93. The van der Waals surface area contributed by atoms with Crippen LogP contribution in [0.3, 0.4) is 0 Å². The second-order valence-corrected chi connectivity index (χ2v) is 9.99. The third-order valence-corrected chi connectivity index (χ3v) is 7.45. The number of thiophene rings is 1. The van der Waals surface area contributed by atoms with Gasteiger partial charge in [0.05, 0.1) is 21.2 Å². The Labute approximate surface area is 192 Å². The van der Waals surface area contributed by atoms with Crippen molar-refractivity contribution in [2.75, 3.05) is 45.3 Å². The Morgan fingerprint density at radius 1 is 1.23 bits per heavy atom. The number of halogens is 1. The minimum absolute atomic E-state index is 0.0391. The molecule has 31 heavy (non-hydrogen) atoms. The first-order valence-electron chi connectivity index (χ1n) is 10.6. The molecule has 2 aliphatic rings. The van der Waals surface area contributed by atoms with Gasteiger partial charge in [0.1, 0.15) is 0 Å². The van der Waals surface area contributed by atoms with E-state index in [1.807, 2.05) is 11.0 Å². The summed E-state index contributed by atoms with van der Waals surface area (Å²) in [4.78, 5) is 30.8. The molecule has 2 amide bonds. The molecule has 0 aliphatic carbocycles. The fourth-order valence-corrected chi connectivity index (χ4v) is 5.35. The smallest absolute Gasteiger partial charge is 0.261 e. The number of rotatable bonds is 6. The number of benzene rings is 1. The van der Waals surface area contributed by atoms with E-state index in [4.69, 9.17) is 16.3 Å². The summed E-state index contributed by atoms with van der Waals surface area (Å²) in [5.41, 5.74) is 3.57. The molecule has 1 fully saturated rings. The summed E-state index contributed by atoms with van der Waals surface area (Å²) in [5, 5.41) is 3.06. The predicted octanol–water partition coefficient (Wildman–Crippen LogP) is 3.23. The first kappa shape index (κ1) is 22.3. The van der Waals surface area contributed by atoms with Crippen LogP contribution in [-0.2, 0) is 22.4 Å². The standard InChI is InChI=1S/C23H28ClN3O3S/c1-26-10-7-15-3-4-17(13-16(15)8-11-26)27-14-19(18(23(27)29)9-12-30-2)25-22(28)20-5-6-21(24)31-20/h3-6,13,18-19H,7-12,14H2,1-2H3,(H,25,28)/t18-,19+/m1/s1. The van der Waals surface area contributed by atoms with Gasteiger partial charge in [-0.1, -0.05) is 17.7 Å². The van der Waals surface area contributed by atoms with Crippen molar-refractivity contribution in [3.63, 3.8) is 0 Å². The molecule has 1 aromatic heterocycles. The molecule has 166 valence electrons. The zero-order chi connectivity index (χ0) is 22.0. The first-order valence-corrected chi connectivity index (χ1v) is 11.8. The Kier molecular flexibility index (Phi) is 6.96. The maximum atomic E-state index is 13.3. The van der Waals surface area contributed by atoms with E-state index < -0.39 is 0 Å². The maximum Gasteiger partial charge on any atom is 0.261 e. The number of likely N-dealkylation sites (N-methyl/N-ethyl adjacent to an activating group) is 1. The monoisotopic (exact) mass is 461 g/mol. The zero-order valence-electron chi connectivity index (χ0n) is 17.9. The fraction of sp³-hybridized carbons (Fsp3) is 0.478. The molecular formula is C23H28ClN3O3S. The van der Waals surface area contributed by atoms with Crippen LogP contribution < -0.4 is 10.2 Å². The Morgan fingerprint density at radius 2 is 2.00 bits per heavy atom.